The Hall–Kier alpha value is -2.25. The van der Waals surface area contributed by atoms with Crippen LogP contribution in [0.15, 0.2) is 30.6 Å². The molecule has 0 saturated carbocycles. The SMILES string of the molecule is O=C(CNc1ncnc2ccccc12)NCCCN1CCOCC1. The second-order valence-electron chi connectivity index (χ2n) is 5.75. The summed E-state index contributed by atoms with van der Waals surface area (Å²) in [7, 11) is 0. The van der Waals surface area contributed by atoms with E-state index in [0.717, 1.165) is 50.2 Å². The van der Waals surface area contributed by atoms with Gasteiger partial charge in [0.15, 0.2) is 0 Å². The van der Waals surface area contributed by atoms with E-state index in [2.05, 4.69) is 25.5 Å². The number of rotatable bonds is 7. The van der Waals surface area contributed by atoms with Crippen LogP contribution in [-0.4, -0.2) is 66.7 Å². The molecule has 1 aliphatic heterocycles. The van der Waals surface area contributed by atoms with Gasteiger partial charge in [0.1, 0.15) is 12.1 Å². The molecule has 3 rings (SSSR count). The van der Waals surface area contributed by atoms with Crippen molar-refractivity contribution in [3.05, 3.63) is 30.6 Å². The van der Waals surface area contributed by atoms with E-state index in [1.54, 1.807) is 0 Å². The lowest BCUT2D eigenvalue weighted by atomic mass is 10.2. The number of carbonyl (C=O) groups excluding carboxylic acids is 1. The van der Waals surface area contributed by atoms with Crippen molar-refractivity contribution in [2.24, 2.45) is 0 Å². The van der Waals surface area contributed by atoms with Crippen molar-refractivity contribution in [1.82, 2.24) is 20.2 Å². The quantitative estimate of drug-likeness (QED) is 0.734. The second-order valence-corrected chi connectivity index (χ2v) is 5.75. The van der Waals surface area contributed by atoms with Gasteiger partial charge in [-0.2, -0.15) is 0 Å². The van der Waals surface area contributed by atoms with Gasteiger partial charge in [0.25, 0.3) is 0 Å². The fourth-order valence-electron chi connectivity index (χ4n) is 2.73. The van der Waals surface area contributed by atoms with Crippen LogP contribution in [0.4, 0.5) is 5.82 Å². The first-order valence-electron chi connectivity index (χ1n) is 8.33. The summed E-state index contributed by atoms with van der Waals surface area (Å²) >= 11 is 0. The third-order valence-corrected chi connectivity index (χ3v) is 4.04. The van der Waals surface area contributed by atoms with Crippen LogP contribution < -0.4 is 10.6 Å². The molecule has 1 aromatic heterocycles. The maximum atomic E-state index is 12.0. The first-order chi connectivity index (χ1) is 11.8. The zero-order valence-corrected chi connectivity index (χ0v) is 13.7. The van der Waals surface area contributed by atoms with Crippen molar-refractivity contribution in [2.75, 3.05) is 51.3 Å². The molecular weight excluding hydrogens is 306 g/mol. The van der Waals surface area contributed by atoms with Gasteiger partial charge in [-0.1, -0.05) is 12.1 Å². The number of para-hydroxylation sites is 1. The van der Waals surface area contributed by atoms with Gasteiger partial charge in [-0.05, 0) is 25.1 Å². The van der Waals surface area contributed by atoms with Crippen LogP contribution in [0.25, 0.3) is 10.9 Å². The Morgan fingerprint density at radius 1 is 1.21 bits per heavy atom. The maximum Gasteiger partial charge on any atom is 0.239 e. The lowest BCUT2D eigenvalue weighted by Crippen LogP contribution is -2.38. The highest BCUT2D eigenvalue weighted by atomic mass is 16.5. The van der Waals surface area contributed by atoms with Crippen LogP contribution in [0, 0.1) is 0 Å². The molecule has 0 bridgehead atoms. The summed E-state index contributed by atoms with van der Waals surface area (Å²) in [6.45, 7) is 5.47. The molecule has 24 heavy (non-hydrogen) atoms. The molecule has 1 aliphatic rings. The van der Waals surface area contributed by atoms with E-state index in [-0.39, 0.29) is 12.5 Å². The molecule has 1 saturated heterocycles. The molecule has 0 radical (unpaired) electrons. The fourth-order valence-corrected chi connectivity index (χ4v) is 2.73. The molecule has 2 heterocycles. The lowest BCUT2D eigenvalue weighted by Gasteiger charge is -2.26. The molecule has 0 aliphatic carbocycles. The molecule has 0 unspecified atom stereocenters. The molecule has 0 atom stereocenters. The minimum absolute atomic E-state index is 0.0281. The third-order valence-electron chi connectivity index (χ3n) is 4.04. The standard InChI is InChI=1S/C17H23N5O2/c23-16(18-6-3-7-22-8-10-24-11-9-22)12-19-17-14-4-1-2-5-15(14)20-13-21-17/h1-2,4-5,13H,3,6-12H2,(H,18,23)(H,19,20,21). The summed E-state index contributed by atoms with van der Waals surface area (Å²) in [5.41, 5.74) is 0.862. The van der Waals surface area contributed by atoms with E-state index in [9.17, 15) is 4.79 Å². The number of anilines is 1. The first kappa shape index (κ1) is 16.6. The van der Waals surface area contributed by atoms with Crippen LogP contribution in [0.5, 0.6) is 0 Å². The molecule has 0 spiro atoms. The van der Waals surface area contributed by atoms with E-state index >= 15 is 0 Å². The van der Waals surface area contributed by atoms with E-state index in [1.165, 1.54) is 6.33 Å². The Morgan fingerprint density at radius 3 is 2.92 bits per heavy atom. The summed E-state index contributed by atoms with van der Waals surface area (Å²) < 4.78 is 5.32. The zero-order valence-electron chi connectivity index (χ0n) is 13.7. The number of morpholine rings is 1. The van der Waals surface area contributed by atoms with Gasteiger partial charge in [0.05, 0.1) is 25.3 Å². The maximum absolute atomic E-state index is 12.0. The molecule has 1 fully saturated rings. The number of hydrogen-bond acceptors (Lipinski definition) is 6. The largest absolute Gasteiger partial charge is 0.379 e. The monoisotopic (exact) mass is 329 g/mol. The Bertz CT molecular complexity index is 668. The Balaban J connectivity index is 1.39. The number of hydrogen-bond donors (Lipinski definition) is 2. The average Bonchev–Trinajstić information content (AvgIpc) is 2.64. The highest BCUT2D eigenvalue weighted by molar-refractivity contribution is 5.90. The summed E-state index contributed by atoms with van der Waals surface area (Å²) in [6, 6.07) is 7.73. The second kappa shape index (κ2) is 8.56. The third kappa shape index (κ3) is 4.62. The number of carbonyl (C=O) groups is 1. The predicted octanol–water partition coefficient (Wildman–Crippen LogP) is 0.880. The first-order valence-corrected chi connectivity index (χ1v) is 8.33. The highest BCUT2D eigenvalue weighted by Crippen LogP contribution is 2.17. The zero-order chi connectivity index (χ0) is 16.6. The number of amides is 1. The minimum Gasteiger partial charge on any atom is -0.379 e. The van der Waals surface area contributed by atoms with E-state index in [0.29, 0.717) is 12.4 Å². The summed E-state index contributed by atoms with van der Waals surface area (Å²) in [4.78, 5) is 22.7. The molecule has 2 aromatic rings. The van der Waals surface area contributed by atoms with Crippen LogP contribution >= 0.6 is 0 Å². The van der Waals surface area contributed by atoms with E-state index in [1.807, 2.05) is 24.3 Å². The molecule has 1 aromatic carbocycles. The number of fused-ring (bicyclic) bond motifs is 1. The molecular formula is C17H23N5O2. The van der Waals surface area contributed by atoms with Gasteiger partial charge in [0, 0.05) is 25.0 Å². The van der Waals surface area contributed by atoms with Gasteiger partial charge in [-0.3, -0.25) is 9.69 Å². The van der Waals surface area contributed by atoms with Crippen LogP contribution in [0.1, 0.15) is 6.42 Å². The van der Waals surface area contributed by atoms with Gasteiger partial charge in [0.2, 0.25) is 5.91 Å². The Labute approximate surface area is 141 Å². The van der Waals surface area contributed by atoms with Gasteiger partial charge in [-0.25, -0.2) is 9.97 Å². The number of benzene rings is 1. The summed E-state index contributed by atoms with van der Waals surface area (Å²) in [5, 5.41) is 6.94. The minimum atomic E-state index is -0.0281. The molecule has 7 nitrogen and oxygen atoms in total. The molecule has 1 amide bonds. The average molecular weight is 329 g/mol. The van der Waals surface area contributed by atoms with Crippen LogP contribution in [-0.2, 0) is 9.53 Å². The van der Waals surface area contributed by atoms with Crippen molar-refractivity contribution in [1.29, 1.82) is 0 Å². The van der Waals surface area contributed by atoms with Crippen molar-refractivity contribution in [3.63, 3.8) is 0 Å². The fraction of sp³-hybridized carbons (Fsp3) is 0.471. The van der Waals surface area contributed by atoms with Crippen molar-refractivity contribution < 1.29 is 9.53 Å². The smallest absolute Gasteiger partial charge is 0.239 e. The van der Waals surface area contributed by atoms with Crippen LogP contribution in [0.3, 0.4) is 0 Å². The van der Waals surface area contributed by atoms with Gasteiger partial charge in [-0.15, -0.1) is 0 Å². The lowest BCUT2D eigenvalue weighted by molar-refractivity contribution is -0.119. The van der Waals surface area contributed by atoms with Crippen molar-refractivity contribution in [2.45, 2.75) is 6.42 Å². The summed E-state index contributed by atoms with van der Waals surface area (Å²) in [6.07, 6.45) is 2.45. The van der Waals surface area contributed by atoms with Gasteiger partial charge < -0.3 is 15.4 Å². The van der Waals surface area contributed by atoms with Crippen molar-refractivity contribution >= 4 is 22.6 Å². The van der Waals surface area contributed by atoms with Gasteiger partial charge >= 0.3 is 0 Å². The number of nitrogens with zero attached hydrogens (tertiary/aromatic N) is 3. The van der Waals surface area contributed by atoms with E-state index < -0.39 is 0 Å². The number of aromatic nitrogens is 2. The normalized spacial score (nSPS) is 15.3. The number of nitrogens with one attached hydrogen (secondary N) is 2. The van der Waals surface area contributed by atoms with E-state index in [4.69, 9.17) is 4.74 Å². The van der Waals surface area contributed by atoms with Crippen LogP contribution in [0.2, 0.25) is 0 Å². The predicted molar refractivity (Wildman–Crippen MR) is 92.9 cm³/mol. The Morgan fingerprint density at radius 2 is 2.04 bits per heavy atom. The molecule has 2 N–H and O–H groups in total. The van der Waals surface area contributed by atoms with Crippen molar-refractivity contribution in [3.8, 4) is 0 Å². The molecule has 128 valence electrons. The summed E-state index contributed by atoms with van der Waals surface area (Å²) in [5.74, 6) is 0.656. The highest BCUT2D eigenvalue weighted by Gasteiger charge is 2.10. The molecule has 7 heteroatoms. The Kier molecular flexibility index (Phi) is 5.92. The number of ether oxygens (including phenoxy) is 1. The topological polar surface area (TPSA) is 79.4 Å².